The molecule has 0 aromatic carbocycles. The molecule has 16 heavy (non-hydrogen) atoms. The van der Waals surface area contributed by atoms with Gasteiger partial charge in [-0.05, 0) is 26.8 Å². The van der Waals surface area contributed by atoms with Crippen LogP contribution in [0.4, 0.5) is 5.82 Å². The lowest BCUT2D eigenvalue weighted by atomic mass is 10.4. The molecule has 2 N–H and O–H groups in total. The Hall–Kier alpha value is -1.91. The van der Waals surface area contributed by atoms with Crippen molar-refractivity contribution in [1.82, 2.24) is 19.7 Å². The molecular weight excluding hydrogens is 202 g/mol. The molecule has 0 saturated carbocycles. The van der Waals surface area contributed by atoms with E-state index in [0.29, 0.717) is 18.2 Å². The molecule has 84 valence electrons. The van der Waals surface area contributed by atoms with E-state index in [1.165, 1.54) is 0 Å². The number of anilines is 1. The highest BCUT2D eigenvalue weighted by atomic mass is 15.3. The summed E-state index contributed by atoms with van der Waals surface area (Å²) in [7, 11) is 0. The highest BCUT2D eigenvalue weighted by Gasteiger charge is 2.05. The van der Waals surface area contributed by atoms with Crippen molar-refractivity contribution >= 4 is 5.82 Å². The van der Waals surface area contributed by atoms with Crippen LogP contribution in [0.5, 0.6) is 0 Å². The third kappa shape index (κ3) is 2.18. The maximum Gasteiger partial charge on any atom is 0.152 e. The first kappa shape index (κ1) is 10.6. The number of hydrogen-bond acceptors (Lipinski definition) is 4. The Morgan fingerprint density at radius 2 is 1.88 bits per heavy atom. The van der Waals surface area contributed by atoms with Crippen molar-refractivity contribution in [3.8, 4) is 0 Å². The molecule has 5 heteroatoms. The molecule has 0 spiro atoms. The number of rotatable bonds is 2. The quantitative estimate of drug-likeness (QED) is 0.821. The Morgan fingerprint density at radius 1 is 1.12 bits per heavy atom. The Balaban J connectivity index is 2.30. The van der Waals surface area contributed by atoms with Gasteiger partial charge < -0.3 is 5.73 Å². The van der Waals surface area contributed by atoms with Crippen LogP contribution in [0, 0.1) is 20.8 Å². The molecule has 0 aliphatic rings. The van der Waals surface area contributed by atoms with Crippen molar-refractivity contribution in [3.63, 3.8) is 0 Å². The van der Waals surface area contributed by atoms with Crippen molar-refractivity contribution in [3.05, 3.63) is 35.0 Å². The van der Waals surface area contributed by atoms with Gasteiger partial charge in [0.1, 0.15) is 12.4 Å². The number of hydrogen-bond donors (Lipinski definition) is 1. The molecule has 2 heterocycles. The van der Waals surface area contributed by atoms with Gasteiger partial charge in [-0.25, -0.2) is 9.97 Å². The van der Waals surface area contributed by atoms with E-state index in [4.69, 9.17) is 5.73 Å². The molecule has 0 atom stereocenters. The summed E-state index contributed by atoms with van der Waals surface area (Å²) < 4.78 is 1.88. The zero-order chi connectivity index (χ0) is 11.7. The van der Waals surface area contributed by atoms with Gasteiger partial charge in [0.25, 0.3) is 0 Å². The van der Waals surface area contributed by atoms with Crippen molar-refractivity contribution in [2.75, 3.05) is 5.73 Å². The van der Waals surface area contributed by atoms with Crippen molar-refractivity contribution in [2.45, 2.75) is 27.3 Å². The largest absolute Gasteiger partial charge is 0.384 e. The fourth-order valence-corrected chi connectivity index (χ4v) is 1.70. The van der Waals surface area contributed by atoms with Crippen LogP contribution in [0.15, 0.2) is 12.1 Å². The first-order valence-electron chi connectivity index (χ1n) is 5.15. The summed E-state index contributed by atoms with van der Waals surface area (Å²) in [5, 5.41) is 4.36. The summed E-state index contributed by atoms with van der Waals surface area (Å²) in [5.41, 5.74) is 8.65. The molecule has 0 saturated heterocycles. The van der Waals surface area contributed by atoms with Crippen molar-refractivity contribution < 1.29 is 0 Å². The van der Waals surface area contributed by atoms with E-state index in [9.17, 15) is 0 Å². The van der Waals surface area contributed by atoms with Crippen LogP contribution in [0.25, 0.3) is 0 Å². The minimum Gasteiger partial charge on any atom is -0.384 e. The maximum atomic E-state index is 5.68. The van der Waals surface area contributed by atoms with E-state index in [1.54, 1.807) is 6.07 Å². The smallest absolute Gasteiger partial charge is 0.152 e. The summed E-state index contributed by atoms with van der Waals surface area (Å²) in [6.45, 7) is 6.45. The van der Waals surface area contributed by atoms with Crippen molar-refractivity contribution in [2.24, 2.45) is 0 Å². The number of aryl methyl sites for hydroxylation is 3. The van der Waals surface area contributed by atoms with Gasteiger partial charge in [0.2, 0.25) is 0 Å². The van der Waals surface area contributed by atoms with Crippen LogP contribution < -0.4 is 5.73 Å². The van der Waals surface area contributed by atoms with Crippen LogP contribution in [-0.2, 0) is 6.54 Å². The molecule has 0 bridgehead atoms. The number of nitrogen functional groups attached to an aromatic ring is 1. The second-order valence-corrected chi connectivity index (χ2v) is 3.94. The van der Waals surface area contributed by atoms with E-state index < -0.39 is 0 Å². The second kappa shape index (κ2) is 3.92. The predicted molar refractivity (Wildman–Crippen MR) is 62.0 cm³/mol. The third-order valence-corrected chi connectivity index (χ3v) is 2.31. The normalized spacial score (nSPS) is 10.7. The molecule has 0 unspecified atom stereocenters. The lowest BCUT2D eigenvalue weighted by Crippen LogP contribution is -2.09. The maximum absolute atomic E-state index is 5.68. The van der Waals surface area contributed by atoms with Crippen LogP contribution >= 0.6 is 0 Å². The highest BCUT2D eigenvalue weighted by Crippen LogP contribution is 2.06. The van der Waals surface area contributed by atoms with Gasteiger partial charge in [-0.2, -0.15) is 5.10 Å². The minimum absolute atomic E-state index is 0.504. The minimum atomic E-state index is 0.504. The summed E-state index contributed by atoms with van der Waals surface area (Å²) in [5.74, 6) is 1.20. The van der Waals surface area contributed by atoms with E-state index in [-0.39, 0.29) is 0 Å². The zero-order valence-electron chi connectivity index (χ0n) is 9.73. The van der Waals surface area contributed by atoms with Gasteiger partial charge in [0.05, 0.1) is 5.69 Å². The summed E-state index contributed by atoms with van der Waals surface area (Å²) in [4.78, 5) is 8.51. The standard InChI is InChI=1S/C11H15N5/c1-7-5-10(12)14-11(13-7)6-16-9(3)4-8(2)15-16/h4-5H,6H2,1-3H3,(H2,12,13,14). The number of nitrogens with two attached hydrogens (primary N) is 1. The van der Waals surface area contributed by atoms with Gasteiger partial charge >= 0.3 is 0 Å². The molecule has 2 rings (SSSR count). The van der Waals surface area contributed by atoms with Crippen LogP contribution in [0.2, 0.25) is 0 Å². The summed E-state index contributed by atoms with van der Waals surface area (Å²) >= 11 is 0. The Labute approximate surface area is 94.3 Å². The van der Waals surface area contributed by atoms with E-state index in [0.717, 1.165) is 17.1 Å². The highest BCUT2D eigenvalue weighted by molar-refractivity contribution is 5.29. The summed E-state index contributed by atoms with van der Waals surface area (Å²) in [6, 6.07) is 3.78. The van der Waals surface area contributed by atoms with E-state index in [1.807, 2.05) is 31.5 Å². The van der Waals surface area contributed by atoms with Gasteiger partial charge in [-0.15, -0.1) is 0 Å². The Bertz CT molecular complexity index is 495. The zero-order valence-corrected chi connectivity index (χ0v) is 9.73. The Kier molecular flexibility index (Phi) is 2.60. The second-order valence-electron chi connectivity index (χ2n) is 3.94. The SMILES string of the molecule is Cc1cc(N)nc(Cn2nc(C)cc2C)n1. The predicted octanol–water partition coefficient (Wildman–Crippen LogP) is 1.23. The first-order chi connectivity index (χ1) is 7.54. The van der Waals surface area contributed by atoms with Gasteiger partial charge in [-0.3, -0.25) is 4.68 Å². The number of aromatic nitrogens is 4. The molecule has 2 aromatic rings. The third-order valence-electron chi connectivity index (χ3n) is 2.31. The van der Waals surface area contributed by atoms with Crippen molar-refractivity contribution in [1.29, 1.82) is 0 Å². The van der Waals surface area contributed by atoms with Crippen LogP contribution in [0.1, 0.15) is 22.9 Å². The lowest BCUT2D eigenvalue weighted by molar-refractivity contribution is 0.631. The molecule has 2 aromatic heterocycles. The first-order valence-corrected chi connectivity index (χ1v) is 5.15. The fourth-order valence-electron chi connectivity index (χ4n) is 1.70. The van der Waals surface area contributed by atoms with Crippen LogP contribution in [-0.4, -0.2) is 19.7 Å². The molecule has 0 amide bonds. The molecule has 0 radical (unpaired) electrons. The molecule has 0 aliphatic heterocycles. The monoisotopic (exact) mass is 217 g/mol. The average Bonchev–Trinajstić information content (AvgIpc) is 2.43. The van der Waals surface area contributed by atoms with Gasteiger partial charge in [-0.1, -0.05) is 0 Å². The molecular formula is C11H15N5. The molecule has 5 nitrogen and oxygen atoms in total. The number of nitrogens with zero attached hydrogens (tertiary/aromatic N) is 4. The van der Waals surface area contributed by atoms with E-state index >= 15 is 0 Å². The Morgan fingerprint density at radius 3 is 2.44 bits per heavy atom. The summed E-state index contributed by atoms with van der Waals surface area (Å²) in [6.07, 6.45) is 0. The topological polar surface area (TPSA) is 69.6 Å². The molecule has 0 aliphatic carbocycles. The average molecular weight is 217 g/mol. The van der Waals surface area contributed by atoms with E-state index in [2.05, 4.69) is 15.1 Å². The lowest BCUT2D eigenvalue weighted by Gasteiger charge is -2.05. The van der Waals surface area contributed by atoms with Gasteiger partial charge in [0.15, 0.2) is 5.82 Å². The fraction of sp³-hybridized carbons (Fsp3) is 0.364. The van der Waals surface area contributed by atoms with Gasteiger partial charge in [0, 0.05) is 17.5 Å². The van der Waals surface area contributed by atoms with Crippen LogP contribution in [0.3, 0.4) is 0 Å². The molecule has 0 fully saturated rings.